The number of aromatic nitrogens is 4. The lowest BCUT2D eigenvalue weighted by atomic mass is 10.3. The third kappa shape index (κ3) is 1.77. The second-order valence-electron chi connectivity index (χ2n) is 4.47. The molecule has 0 bridgehead atoms. The Hall–Kier alpha value is -1.72. The Morgan fingerprint density at radius 2 is 1.90 bits per heavy atom. The Morgan fingerprint density at radius 3 is 2.50 bits per heavy atom. The van der Waals surface area contributed by atoms with Gasteiger partial charge in [0.05, 0.1) is 21.4 Å². The number of nitrogens with two attached hydrogens (primary N) is 1. The summed E-state index contributed by atoms with van der Waals surface area (Å²) < 4.78 is 3.49. The number of imidazole rings is 1. The number of fused-ring (bicyclic) bond motifs is 1. The molecule has 0 radical (unpaired) electrons. The van der Waals surface area contributed by atoms with Crippen LogP contribution in [-0.4, -0.2) is 19.3 Å². The fraction of sp³-hybridized carbons (Fsp3) is 0.231. The standard InChI is InChI=1S/C13H13Cl2N5/c1-3-9-10-12(19(2)18-9)20(13(16)17-10)11-7(14)5-4-6-8(11)15/h4-6H,3H2,1-2H3,(H2,16,17). The van der Waals surface area contributed by atoms with E-state index in [-0.39, 0.29) is 0 Å². The molecule has 20 heavy (non-hydrogen) atoms. The van der Waals surface area contributed by atoms with Crippen LogP contribution in [0.3, 0.4) is 0 Å². The molecule has 0 aliphatic rings. The van der Waals surface area contributed by atoms with Gasteiger partial charge < -0.3 is 5.73 Å². The number of para-hydroxylation sites is 1. The molecule has 0 fully saturated rings. The van der Waals surface area contributed by atoms with E-state index in [9.17, 15) is 0 Å². The molecule has 2 N–H and O–H groups in total. The number of hydrogen-bond donors (Lipinski definition) is 1. The van der Waals surface area contributed by atoms with Crippen molar-refractivity contribution in [3.05, 3.63) is 33.9 Å². The second-order valence-corrected chi connectivity index (χ2v) is 5.29. The van der Waals surface area contributed by atoms with E-state index in [0.717, 1.165) is 23.3 Å². The molecule has 3 aromatic rings. The van der Waals surface area contributed by atoms with Crippen molar-refractivity contribution in [3.8, 4) is 5.69 Å². The highest BCUT2D eigenvalue weighted by Gasteiger charge is 2.21. The highest BCUT2D eigenvalue weighted by molar-refractivity contribution is 6.37. The molecule has 5 nitrogen and oxygen atoms in total. The first-order valence-corrected chi connectivity index (χ1v) is 6.94. The summed E-state index contributed by atoms with van der Waals surface area (Å²) in [5.41, 5.74) is 9.15. The van der Waals surface area contributed by atoms with E-state index in [1.807, 2.05) is 14.0 Å². The molecule has 3 rings (SSSR count). The number of anilines is 1. The average molecular weight is 310 g/mol. The van der Waals surface area contributed by atoms with Gasteiger partial charge in [0.15, 0.2) is 5.65 Å². The van der Waals surface area contributed by atoms with Crippen LogP contribution in [0.1, 0.15) is 12.6 Å². The highest BCUT2D eigenvalue weighted by Crippen LogP contribution is 2.33. The van der Waals surface area contributed by atoms with Gasteiger partial charge in [0.1, 0.15) is 5.52 Å². The Labute approximate surface area is 125 Å². The van der Waals surface area contributed by atoms with Crippen molar-refractivity contribution >= 4 is 40.3 Å². The quantitative estimate of drug-likeness (QED) is 0.790. The number of hydrogen-bond acceptors (Lipinski definition) is 3. The summed E-state index contributed by atoms with van der Waals surface area (Å²) in [4.78, 5) is 4.40. The molecule has 1 aromatic carbocycles. The second kappa shape index (κ2) is 4.68. The number of benzene rings is 1. The molecule has 0 unspecified atom stereocenters. The maximum Gasteiger partial charge on any atom is 0.207 e. The van der Waals surface area contributed by atoms with E-state index in [2.05, 4.69) is 10.1 Å². The topological polar surface area (TPSA) is 61.7 Å². The van der Waals surface area contributed by atoms with Crippen molar-refractivity contribution in [2.24, 2.45) is 7.05 Å². The van der Waals surface area contributed by atoms with Gasteiger partial charge in [0.2, 0.25) is 5.95 Å². The zero-order valence-corrected chi connectivity index (χ0v) is 12.6. The lowest BCUT2D eigenvalue weighted by Gasteiger charge is -2.10. The number of aryl methyl sites for hydroxylation is 2. The summed E-state index contributed by atoms with van der Waals surface area (Å²) in [6, 6.07) is 5.33. The number of halogens is 2. The first kappa shape index (κ1) is 13.3. The smallest absolute Gasteiger partial charge is 0.207 e. The summed E-state index contributed by atoms with van der Waals surface area (Å²) in [5.74, 6) is 0.345. The van der Waals surface area contributed by atoms with Crippen LogP contribution in [0.5, 0.6) is 0 Å². The van der Waals surface area contributed by atoms with Crippen LogP contribution in [0.4, 0.5) is 5.95 Å². The molecule has 0 saturated heterocycles. The molecular weight excluding hydrogens is 297 g/mol. The lowest BCUT2D eigenvalue weighted by molar-refractivity contribution is 0.751. The summed E-state index contributed by atoms with van der Waals surface area (Å²) >= 11 is 12.5. The summed E-state index contributed by atoms with van der Waals surface area (Å²) in [6.45, 7) is 2.03. The van der Waals surface area contributed by atoms with Crippen LogP contribution in [0.2, 0.25) is 10.0 Å². The molecule has 7 heteroatoms. The predicted octanol–water partition coefficient (Wildman–Crippen LogP) is 3.21. The van der Waals surface area contributed by atoms with E-state index < -0.39 is 0 Å². The van der Waals surface area contributed by atoms with Crippen LogP contribution in [0, 0.1) is 0 Å². The minimum atomic E-state index is 0.345. The Kier molecular flexibility index (Phi) is 3.11. The average Bonchev–Trinajstić information content (AvgIpc) is 2.88. The third-order valence-electron chi connectivity index (χ3n) is 3.23. The molecule has 0 spiro atoms. The predicted molar refractivity (Wildman–Crippen MR) is 81.6 cm³/mol. The van der Waals surface area contributed by atoms with Gasteiger partial charge >= 0.3 is 0 Å². The molecule has 0 aliphatic carbocycles. The van der Waals surface area contributed by atoms with Gasteiger partial charge in [-0.15, -0.1) is 0 Å². The zero-order valence-electron chi connectivity index (χ0n) is 11.1. The van der Waals surface area contributed by atoms with E-state index in [1.54, 1.807) is 27.4 Å². The van der Waals surface area contributed by atoms with Gasteiger partial charge in [-0.05, 0) is 18.6 Å². The van der Waals surface area contributed by atoms with Crippen LogP contribution in [-0.2, 0) is 13.5 Å². The third-order valence-corrected chi connectivity index (χ3v) is 3.84. The van der Waals surface area contributed by atoms with Gasteiger partial charge in [-0.2, -0.15) is 5.10 Å². The molecule has 0 aliphatic heterocycles. The lowest BCUT2D eigenvalue weighted by Crippen LogP contribution is -2.06. The van der Waals surface area contributed by atoms with Crippen molar-refractivity contribution in [2.45, 2.75) is 13.3 Å². The fourth-order valence-electron chi connectivity index (χ4n) is 2.36. The molecule has 104 valence electrons. The molecule has 2 heterocycles. The van der Waals surface area contributed by atoms with Gasteiger partial charge in [-0.25, -0.2) is 9.67 Å². The first-order chi connectivity index (χ1) is 9.54. The van der Waals surface area contributed by atoms with Gasteiger partial charge in [-0.1, -0.05) is 36.2 Å². The maximum atomic E-state index is 6.27. The van der Waals surface area contributed by atoms with Crippen LogP contribution in [0.15, 0.2) is 18.2 Å². The van der Waals surface area contributed by atoms with Crippen molar-refractivity contribution in [1.29, 1.82) is 0 Å². The minimum Gasteiger partial charge on any atom is -0.369 e. The van der Waals surface area contributed by atoms with Crippen LogP contribution in [0.25, 0.3) is 16.9 Å². The maximum absolute atomic E-state index is 6.27. The number of rotatable bonds is 2. The molecular formula is C13H13Cl2N5. The van der Waals surface area contributed by atoms with Gasteiger partial charge in [-0.3, -0.25) is 4.57 Å². The number of nitrogen functional groups attached to an aromatic ring is 1. The van der Waals surface area contributed by atoms with E-state index in [0.29, 0.717) is 21.7 Å². The molecule has 0 atom stereocenters. The summed E-state index contributed by atoms with van der Waals surface area (Å²) in [7, 11) is 1.85. The molecule has 0 saturated carbocycles. The van der Waals surface area contributed by atoms with Crippen LogP contribution < -0.4 is 5.73 Å². The van der Waals surface area contributed by atoms with Crippen molar-refractivity contribution in [3.63, 3.8) is 0 Å². The Bertz CT molecular complexity index is 783. The Morgan fingerprint density at radius 1 is 1.25 bits per heavy atom. The Balaban J connectivity index is 2.42. The van der Waals surface area contributed by atoms with Crippen LogP contribution >= 0.6 is 23.2 Å². The highest BCUT2D eigenvalue weighted by atomic mass is 35.5. The first-order valence-electron chi connectivity index (χ1n) is 6.18. The van der Waals surface area contributed by atoms with E-state index in [4.69, 9.17) is 28.9 Å². The number of nitrogens with zero attached hydrogens (tertiary/aromatic N) is 4. The summed E-state index contributed by atoms with van der Waals surface area (Å²) in [5, 5.41) is 5.48. The minimum absolute atomic E-state index is 0.345. The fourth-order valence-corrected chi connectivity index (χ4v) is 2.92. The van der Waals surface area contributed by atoms with E-state index in [1.165, 1.54) is 0 Å². The zero-order chi connectivity index (χ0) is 14.4. The largest absolute Gasteiger partial charge is 0.369 e. The van der Waals surface area contributed by atoms with Crippen molar-refractivity contribution in [1.82, 2.24) is 19.3 Å². The summed E-state index contributed by atoms with van der Waals surface area (Å²) in [6.07, 6.45) is 0.782. The molecule has 0 amide bonds. The van der Waals surface area contributed by atoms with Crippen molar-refractivity contribution in [2.75, 3.05) is 5.73 Å². The van der Waals surface area contributed by atoms with E-state index >= 15 is 0 Å². The van der Waals surface area contributed by atoms with Crippen molar-refractivity contribution < 1.29 is 0 Å². The monoisotopic (exact) mass is 309 g/mol. The normalized spacial score (nSPS) is 11.4. The SMILES string of the molecule is CCc1nn(C)c2c1nc(N)n2-c1c(Cl)cccc1Cl. The van der Waals surface area contributed by atoms with Gasteiger partial charge in [0.25, 0.3) is 0 Å². The van der Waals surface area contributed by atoms with Gasteiger partial charge in [0, 0.05) is 7.05 Å². The molecule has 2 aromatic heterocycles.